The number of nitrogens with zero attached hydrogens (tertiary/aromatic N) is 3. The van der Waals surface area contributed by atoms with Gasteiger partial charge >= 0.3 is 6.03 Å². The van der Waals surface area contributed by atoms with Crippen molar-refractivity contribution in [3.63, 3.8) is 0 Å². The molecule has 3 aromatic rings. The molecule has 0 aliphatic rings. The van der Waals surface area contributed by atoms with E-state index in [0.717, 1.165) is 5.56 Å². The molecular formula is C21H24N6O4S. The van der Waals surface area contributed by atoms with Crippen molar-refractivity contribution in [3.05, 3.63) is 54.1 Å². The van der Waals surface area contributed by atoms with E-state index < -0.39 is 11.9 Å². The monoisotopic (exact) mass is 456 g/mol. The fraction of sp³-hybridized carbons (Fsp3) is 0.238. The third kappa shape index (κ3) is 5.91. The number of benzene rings is 2. The summed E-state index contributed by atoms with van der Waals surface area (Å²) in [5.41, 5.74) is 1.65. The zero-order valence-electron chi connectivity index (χ0n) is 17.7. The van der Waals surface area contributed by atoms with Crippen molar-refractivity contribution in [2.24, 2.45) is 0 Å². The molecule has 11 heteroatoms. The number of methoxy groups -OCH3 is 2. The number of hydrogen-bond donors (Lipinski definition) is 3. The van der Waals surface area contributed by atoms with Crippen LogP contribution in [0.3, 0.4) is 0 Å². The van der Waals surface area contributed by atoms with Crippen molar-refractivity contribution in [2.45, 2.75) is 18.1 Å². The van der Waals surface area contributed by atoms with E-state index in [1.165, 1.54) is 16.4 Å². The Kier molecular flexibility index (Phi) is 7.92. The third-order valence-electron chi connectivity index (χ3n) is 4.42. The van der Waals surface area contributed by atoms with Gasteiger partial charge in [0.05, 0.1) is 14.2 Å². The van der Waals surface area contributed by atoms with Gasteiger partial charge in [-0.3, -0.25) is 10.1 Å². The maximum absolute atomic E-state index is 12.0. The Morgan fingerprint density at radius 3 is 2.53 bits per heavy atom. The number of thioether (sulfide) groups is 1. The number of urea groups is 1. The Hall–Kier alpha value is -3.73. The van der Waals surface area contributed by atoms with E-state index in [1.54, 1.807) is 32.4 Å². The topological polar surface area (TPSA) is 133 Å². The van der Waals surface area contributed by atoms with Gasteiger partial charge in [0.1, 0.15) is 0 Å². The molecule has 168 valence electrons. The van der Waals surface area contributed by atoms with Crippen molar-refractivity contribution in [1.82, 2.24) is 25.5 Å². The molecule has 2 aromatic carbocycles. The second kappa shape index (κ2) is 11.0. The minimum absolute atomic E-state index is 0.113. The molecule has 0 aliphatic carbocycles. The van der Waals surface area contributed by atoms with Crippen LogP contribution in [0.5, 0.6) is 11.5 Å². The Morgan fingerprint density at radius 1 is 1.06 bits per heavy atom. The van der Waals surface area contributed by atoms with Crippen LogP contribution in [0, 0.1) is 0 Å². The van der Waals surface area contributed by atoms with Gasteiger partial charge in [-0.05, 0) is 23.8 Å². The van der Waals surface area contributed by atoms with Crippen LogP contribution < -0.4 is 25.9 Å². The number of hydrogen-bond acceptors (Lipinski definition) is 8. The van der Waals surface area contributed by atoms with Crippen molar-refractivity contribution in [2.75, 3.05) is 25.8 Å². The Bertz CT molecular complexity index is 1070. The van der Waals surface area contributed by atoms with Gasteiger partial charge < -0.3 is 20.6 Å². The third-order valence-corrected chi connectivity index (χ3v) is 5.36. The lowest BCUT2D eigenvalue weighted by molar-refractivity contribution is -0.119. The van der Waals surface area contributed by atoms with Gasteiger partial charge in [0, 0.05) is 24.3 Å². The molecule has 0 aliphatic heterocycles. The smallest absolute Gasteiger partial charge is 0.321 e. The van der Waals surface area contributed by atoms with Gasteiger partial charge in [0.25, 0.3) is 0 Å². The van der Waals surface area contributed by atoms with Crippen LogP contribution >= 0.6 is 11.8 Å². The summed E-state index contributed by atoms with van der Waals surface area (Å²) in [5.74, 6) is 7.68. The molecule has 0 saturated carbocycles. The number of amides is 3. The number of nitrogens with two attached hydrogens (primary N) is 1. The largest absolute Gasteiger partial charge is 0.493 e. The molecule has 0 spiro atoms. The number of carbonyl (C=O) groups excluding carboxylic acids is 2. The first kappa shape index (κ1) is 22.9. The number of aromatic nitrogens is 3. The average Bonchev–Trinajstić information content (AvgIpc) is 3.18. The van der Waals surface area contributed by atoms with E-state index in [2.05, 4.69) is 20.8 Å². The quantitative estimate of drug-likeness (QED) is 0.330. The molecule has 10 nitrogen and oxygen atoms in total. The number of nitrogens with one attached hydrogen (secondary N) is 2. The van der Waals surface area contributed by atoms with Crippen LogP contribution in [-0.4, -0.2) is 46.8 Å². The van der Waals surface area contributed by atoms with Gasteiger partial charge in [0.2, 0.25) is 11.1 Å². The van der Waals surface area contributed by atoms with Crippen LogP contribution in [-0.2, 0) is 11.3 Å². The lowest BCUT2D eigenvalue weighted by Gasteiger charge is -2.09. The van der Waals surface area contributed by atoms with Crippen LogP contribution in [0.1, 0.15) is 12.0 Å². The highest BCUT2D eigenvalue weighted by Gasteiger charge is 2.15. The van der Waals surface area contributed by atoms with E-state index in [9.17, 15) is 9.59 Å². The summed E-state index contributed by atoms with van der Waals surface area (Å²) in [4.78, 5) is 23.9. The Balaban J connectivity index is 1.49. The fourth-order valence-electron chi connectivity index (χ4n) is 2.79. The molecule has 3 amide bonds. The zero-order chi connectivity index (χ0) is 22.9. The standard InChI is InChI=1S/C21H24N6O4S/c1-30-16-9-8-15(12-17(16)31-2)19-25-26-21(27(19)22)32-11-10-18(28)24-20(29)23-13-14-6-4-3-5-7-14/h3-9,12H,10-11,13,22H2,1-2H3,(H2,23,24,28,29). The van der Waals surface area contributed by atoms with Crippen molar-refractivity contribution >= 4 is 23.7 Å². The maximum Gasteiger partial charge on any atom is 0.321 e. The summed E-state index contributed by atoms with van der Waals surface area (Å²) in [6.07, 6.45) is 0.113. The lowest BCUT2D eigenvalue weighted by atomic mass is 10.2. The fourth-order valence-corrected chi connectivity index (χ4v) is 3.59. The number of imide groups is 1. The summed E-state index contributed by atoms with van der Waals surface area (Å²) < 4.78 is 11.9. The first-order valence-electron chi connectivity index (χ1n) is 9.69. The molecule has 0 unspecified atom stereocenters. The average molecular weight is 457 g/mol. The van der Waals surface area contributed by atoms with E-state index in [1.807, 2.05) is 30.3 Å². The van der Waals surface area contributed by atoms with Crippen molar-refractivity contribution in [1.29, 1.82) is 0 Å². The molecule has 0 atom stereocenters. The van der Waals surface area contributed by atoms with E-state index in [0.29, 0.717) is 40.3 Å². The first-order valence-corrected chi connectivity index (χ1v) is 10.7. The maximum atomic E-state index is 12.0. The molecule has 3 rings (SSSR count). The lowest BCUT2D eigenvalue weighted by Crippen LogP contribution is -2.39. The number of rotatable bonds is 9. The summed E-state index contributed by atoms with van der Waals surface area (Å²) in [7, 11) is 3.10. The number of nitrogen functional groups attached to an aromatic ring is 1. The molecule has 32 heavy (non-hydrogen) atoms. The highest BCUT2D eigenvalue weighted by atomic mass is 32.2. The van der Waals surface area contributed by atoms with Gasteiger partial charge in [-0.15, -0.1) is 10.2 Å². The van der Waals surface area contributed by atoms with Gasteiger partial charge in [-0.1, -0.05) is 42.1 Å². The second-order valence-electron chi connectivity index (χ2n) is 6.56. The minimum atomic E-state index is -0.540. The molecule has 0 radical (unpaired) electrons. The number of ether oxygens (including phenoxy) is 2. The van der Waals surface area contributed by atoms with Crippen molar-refractivity contribution < 1.29 is 19.1 Å². The van der Waals surface area contributed by atoms with Crippen LogP contribution in [0.4, 0.5) is 4.79 Å². The molecule has 0 bridgehead atoms. The predicted octanol–water partition coefficient (Wildman–Crippen LogP) is 2.18. The molecule has 0 fully saturated rings. The summed E-state index contributed by atoms with van der Waals surface area (Å²) in [6, 6.07) is 14.2. The second-order valence-corrected chi connectivity index (χ2v) is 7.62. The number of carbonyl (C=O) groups is 2. The SMILES string of the molecule is COc1ccc(-c2nnc(SCCC(=O)NC(=O)NCc3ccccc3)n2N)cc1OC. The minimum Gasteiger partial charge on any atom is -0.493 e. The summed E-state index contributed by atoms with van der Waals surface area (Å²) in [6.45, 7) is 0.337. The molecule has 4 N–H and O–H groups in total. The van der Waals surface area contributed by atoms with Crippen molar-refractivity contribution in [3.8, 4) is 22.9 Å². The van der Waals surface area contributed by atoms with E-state index in [4.69, 9.17) is 15.3 Å². The normalized spacial score (nSPS) is 10.4. The summed E-state index contributed by atoms with van der Waals surface area (Å²) >= 11 is 1.26. The molecular weight excluding hydrogens is 432 g/mol. The van der Waals surface area contributed by atoms with Crippen LogP contribution in [0.25, 0.3) is 11.4 Å². The van der Waals surface area contributed by atoms with E-state index in [-0.39, 0.29) is 6.42 Å². The highest BCUT2D eigenvalue weighted by molar-refractivity contribution is 7.99. The first-order chi connectivity index (χ1) is 15.5. The molecule has 1 heterocycles. The highest BCUT2D eigenvalue weighted by Crippen LogP contribution is 2.32. The zero-order valence-corrected chi connectivity index (χ0v) is 18.5. The molecule has 0 saturated heterocycles. The van der Waals surface area contributed by atoms with Crippen LogP contribution in [0.2, 0.25) is 0 Å². The predicted molar refractivity (Wildman–Crippen MR) is 121 cm³/mol. The summed E-state index contributed by atoms with van der Waals surface area (Å²) in [5, 5.41) is 13.6. The van der Waals surface area contributed by atoms with Gasteiger partial charge in [-0.2, -0.15) is 0 Å². The Labute approximate surface area is 189 Å². The van der Waals surface area contributed by atoms with Crippen LogP contribution in [0.15, 0.2) is 53.7 Å². The van der Waals surface area contributed by atoms with E-state index >= 15 is 0 Å². The van der Waals surface area contributed by atoms with Gasteiger partial charge in [-0.25, -0.2) is 9.47 Å². The molecule has 1 aromatic heterocycles. The Morgan fingerprint density at radius 2 is 1.81 bits per heavy atom. The van der Waals surface area contributed by atoms with Gasteiger partial charge in [0.15, 0.2) is 17.3 Å².